The van der Waals surface area contributed by atoms with Crippen LogP contribution in [0.1, 0.15) is 72.3 Å². The van der Waals surface area contributed by atoms with Gasteiger partial charge in [0.15, 0.2) is 0 Å². The number of aromatic nitrogens is 2. The van der Waals surface area contributed by atoms with E-state index in [1.54, 1.807) is 22.4 Å². The van der Waals surface area contributed by atoms with Gasteiger partial charge in [-0.1, -0.05) is 18.2 Å². The summed E-state index contributed by atoms with van der Waals surface area (Å²) in [6.45, 7) is 11.5. The predicted octanol–water partition coefficient (Wildman–Crippen LogP) is 5.64. The number of nitrogens with zero attached hydrogens (tertiary/aromatic N) is 3. The van der Waals surface area contributed by atoms with Crippen LogP contribution in [0.5, 0.6) is 0 Å². The summed E-state index contributed by atoms with van der Waals surface area (Å²) in [5.41, 5.74) is 5.46. The fourth-order valence-electron chi connectivity index (χ4n) is 4.76. The lowest BCUT2D eigenvalue weighted by Crippen LogP contribution is -2.41. The third-order valence-electron chi connectivity index (χ3n) is 6.52. The number of para-hydroxylation sites is 1. The molecule has 1 aliphatic rings. The predicted molar refractivity (Wildman–Crippen MR) is 143 cm³/mol. The first kappa shape index (κ1) is 25.9. The maximum Gasteiger partial charge on any atom is 0.410 e. The number of aryl methyl sites for hydroxylation is 2. The van der Waals surface area contributed by atoms with E-state index in [9.17, 15) is 9.59 Å². The van der Waals surface area contributed by atoms with Gasteiger partial charge in [-0.05, 0) is 87.4 Å². The molecule has 1 saturated heterocycles. The Hall–Kier alpha value is -3.13. The molecule has 0 radical (unpaired) electrons. The van der Waals surface area contributed by atoms with Crippen LogP contribution in [0.2, 0.25) is 0 Å². The molecule has 8 heteroatoms. The zero-order valence-electron chi connectivity index (χ0n) is 21.8. The van der Waals surface area contributed by atoms with E-state index in [-0.39, 0.29) is 17.9 Å². The topological polar surface area (TPSA) is 76.5 Å². The monoisotopic (exact) mass is 508 g/mol. The quantitative estimate of drug-likeness (QED) is 0.468. The lowest BCUT2D eigenvalue weighted by molar-refractivity contribution is 0.0203. The van der Waals surface area contributed by atoms with Gasteiger partial charge < -0.3 is 15.0 Å². The van der Waals surface area contributed by atoms with E-state index in [0.29, 0.717) is 25.2 Å². The molecule has 1 aliphatic heterocycles. The molecule has 0 atom stereocenters. The van der Waals surface area contributed by atoms with Crippen LogP contribution in [0, 0.1) is 13.8 Å². The molecule has 2 aromatic heterocycles. The van der Waals surface area contributed by atoms with E-state index in [1.807, 2.05) is 36.9 Å². The van der Waals surface area contributed by atoms with E-state index >= 15 is 0 Å². The van der Waals surface area contributed by atoms with Crippen LogP contribution in [0.4, 0.5) is 4.79 Å². The van der Waals surface area contributed by atoms with Crippen LogP contribution in [0.3, 0.4) is 0 Å². The van der Waals surface area contributed by atoms with E-state index in [4.69, 9.17) is 9.84 Å². The normalized spacial score (nSPS) is 14.6. The molecule has 1 N–H and O–H groups in total. The zero-order chi connectivity index (χ0) is 25.9. The molecule has 1 fully saturated rings. The molecule has 3 heterocycles. The number of amides is 2. The highest BCUT2D eigenvalue weighted by Gasteiger charge is 2.32. The molecule has 3 aromatic rings. The number of carbonyl (C=O) groups excluding carboxylic acids is 2. The van der Waals surface area contributed by atoms with Crippen LogP contribution >= 0.6 is 11.3 Å². The van der Waals surface area contributed by atoms with Crippen molar-refractivity contribution in [2.75, 3.05) is 19.6 Å². The molecule has 0 bridgehead atoms. The number of ether oxygens (including phenoxy) is 1. The maximum atomic E-state index is 13.3. The molecule has 4 rings (SSSR count). The van der Waals surface area contributed by atoms with E-state index in [2.05, 4.69) is 42.7 Å². The fraction of sp³-hybridized carbons (Fsp3) is 0.464. The van der Waals surface area contributed by atoms with Gasteiger partial charge in [0.25, 0.3) is 5.91 Å². The zero-order valence-corrected chi connectivity index (χ0v) is 22.7. The first-order valence-electron chi connectivity index (χ1n) is 12.6. The molecule has 7 nitrogen and oxygen atoms in total. The van der Waals surface area contributed by atoms with Crippen molar-refractivity contribution in [3.63, 3.8) is 0 Å². The lowest BCUT2D eigenvalue weighted by atomic mass is 9.90. The van der Waals surface area contributed by atoms with Crippen molar-refractivity contribution in [2.24, 2.45) is 0 Å². The summed E-state index contributed by atoms with van der Waals surface area (Å²) in [5.74, 6) is -0.00453. The highest BCUT2D eigenvalue weighted by atomic mass is 32.1. The van der Waals surface area contributed by atoms with Gasteiger partial charge in [0.2, 0.25) is 0 Å². The number of thiophene rings is 1. The molecule has 0 aliphatic carbocycles. The Kier molecular flexibility index (Phi) is 7.83. The molecule has 0 saturated carbocycles. The Morgan fingerprint density at radius 1 is 1.14 bits per heavy atom. The number of benzene rings is 1. The Labute approximate surface area is 217 Å². The molecular weight excluding hydrogens is 472 g/mol. The third-order valence-corrected chi connectivity index (χ3v) is 7.25. The SMILES string of the molecule is Cc1cccc(C)c1-n1ncc(C(=O)NCCc2ccsc2)c1C1CCN(C(=O)OC(C)(C)C)CC1. The summed E-state index contributed by atoms with van der Waals surface area (Å²) >= 11 is 1.66. The van der Waals surface area contributed by atoms with Gasteiger partial charge in [-0.15, -0.1) is 0 Å². The summed E-state index contributed by atoms with van der Waals surface area (Å²) in [4.78, 5) is 27.7. The molecule has 0 spiro atoms. The second kappa shape index (κ2) is 10.9. The van der Waals surface area contributed by atoms with Crippen LogP contribution in [0.25, 0.3) is 5.69 Å². The largest absolute Gasteiger partial charge is 0.444 e. The van der Waals surface area contributed by atoms with Gasteiger partial charge in [-0.2, -0.15) is 16.4 Å². The Bertz CT molecular complexity index is 1180. The van der Waals surface area contributed by atoms with Gasteiger partial charge in [0.05, 0.1) is 23.1 Å². The highest BCUT2D eigenvalue weighted by molar-refractivity contribution is 7.07. The van der Waals surface area contributed by atoms with Crippen molar-refractivity contribution in [3.8, 4) is 5.69 Å². The second-order valence-corrected chi connectivity index (χ2v) is 11.3. The molecule has 1 aromatic carbocycles. The summed E-state index contributed by atoms with van der Waals surface area (Å²) < 4.78 is 7.52. The fourth-order valence-corrected chi connectivity index (χ4v) is 5.46. The molecule has 0 unspecified atom stereocenters. The van der Waals surface area contributed by atoms with Crippen molar-refractivity contribution in [1.82, 2.24) is 20.0 Å². The Morgan fingerprint density at radius 3 is 2.44 bits per heavy atom. The van der Waals surface area contributed by atoms with Crippen LogP contribution in [-0.2, 0) is 11.2 Å². The van der Waals surface area contributed by atoms with Crippen molar-refractivity contribution in [1.29, 1.82) is 0 Å². The minimum absolute atomic E-state index is 0.0998. The van der Waals surface area contributed by atoms with E-state index < -0.39 is 5.60 Å². The van der Waals surface area contributed by atoms with E-state index in [1.165, 1.54) is 5.56 Å². The smallest absolute Gasteiger partial charge is 0.410 e. The van der Waals surface area contributed by atoms with Gasteiger partial charge in [0, 0.05) is 25.6 Å². The number of nitrogens with one attached hydrogen (secondary N) is 1. The van der Waals surface area contributed by atoms with Gasteiger partial charge >= 0.3 is 6.09 Å². The number of likely N-dealkylation sites (tertiary alicyclic amines) is 1. The van der Waals surface area contributed by atoms with Crippen molar-refractivity contribution in [3.05, 3.63) is 69.2 Å². The Morgan fingerprint density at radius 2 is 1.83 bits per heavy atom. The van der Waals surface area contributed by atoms with Crippen molar-refractivity contribution >= 4 is 23.3 Å². The second-order valence-electron chi connectivity index (χ2n) is 10.5. The average molecular weight is 509 g/mol. The first-order valence-corrected chi connectivity index (χ1v) is 13.5. The third kappa shape index (κ3) is 5.98. The molecular formula is C28H36N4O3S. The molecule has 36 heavy (non-hydrogen) atoms. The number of rotatable bonds is 6. The van der Waals surface area contributed by atoms with Gasteiger partial charge in [-0.3, -0.25) is 4.79 Å². The number of carbonyl (C=O) groups is 2. The average Bonchev–Trinajstić information content (AvgIpc) is 3.48. The van der Waals surface area contributed by atoms with Gasteiger partial charge in [0.1, 0.15) is 5.60 Å². The van der Waals surface area contributed by atoms with E-state index in [0.717, 1.165) is 41.8 Å². The van der Waals surface area contributed by atoms with Crippen LogP contribution in [0.15, 0.2) is 41.2 Å². The van der Waals surface area contributed by atoms with Crippen molar-refractivity contribution < 1.29 is 14.3 Å². The summed E-state index contributed by atoms with van der Waals surface area (Å²) in [5, 5.41) is 12.0. The summed E-state index contributed by atoms with van der Waals surface area (Å²) in [7, 11) is 0. The molecule has 192 valence electrons. The minimum Gasteiger partial charge on any atom is -0.444 e. The molecule has 2 amide bonds. The highest BCUT2D eigenvalue weighted by Crippen LogP contribution is 2.34. The number of hydrogen-bond acceptors (Lipinski definition) is 5. The maximum absolute atomic E-state index is 13.3. The van der Waals surface area contributed by atoms with Crippen LogP contribution in [-0.4, -0.2) is 51.9 Å². The summed E-state index contributed by atoms with van der Waals surface area (Å²) in [6, 6.07) is 8.26. The number of piperidine rings is 1. The van der Waals surface area contributed by atoms with Crippen molar-refractivity contribution in [2.45, 2.75) is 65.4 Å². The number of hydrogen-bond donors (Lipinski definition) is 1. The first-order chi connectivity index (χ1) is 17.1. The standard InChI is InChI=1S/C28H36N4O3S/c1-19-7-6-8-20(2)24(19)32-25(22-10-14-31(15-11-22)27(34)35-28(3,4)5)23(17-30-32)26(33)29-13-9-21-12-16-36-18-21/h6-8,12,16-18,22H,9-11,13-15H2,1-5H3,(H,29,33). The minimum atomic E-state index is -0.525. The lowest BCUT2D eigenvalue weighted by Gasteiger charge is -2.34. The van der Waals surface area contributed by atoms with Crippen LogP contribution < -0.4 is 5.32 Å². The Balaban J connectivity index is 1.58. The van der Waals surface area contributed by atoms with Gasteiger partial charge in [-0.25, -0.2) is 9.48 Å². The summed E-state index contributed by atoms with van der Waals surface area (Å²) in [6.07, 6.45) is 3.69.